The van der Waals surface area contributed by atoms with E-state index in [4.69, 9.17) is 4.74 Å². The number of carbonyl (C=O) groups excluding carboxylic acids is 1. The molecule has 1 saturated heterocycles. The first-order chi connectivity index (χ1) is 9.15. The highest BCUT2D eigenvalue weighted by Gasteiger charge is 2.39. The number of ether oxygens (including phenoxy) is 1. The monoisotopic (exact) mass is 261 g/mol. The van der Waals surface area contributed by atoms with Crippen molar-refractivity contribution in [3.63, 3.8) is 0 Å². The molecule has 0 bridgehead atoms. The third-order valence-electron chi connectivity index (χ3n) is 4.13. The van der Waals surface area contributed by atoms with Gasteiger partial charge >= 0.3 is 0 Å². The summed E-state index contributed by atoms with van der Waals surface area (Å²) in [7, 11) is 1.64. The molecular weight excluding hydrogens is 238 g/mol. The van der Waals surface area contributed by atoms with Gasteiger partial charge in [-0.05, 0) is 25.8 Å². The lowest BCUT2D eigenvalue weighted by Gasteiger charge is -2.28. The van der Waals surface area contributed by atoms with Crippen LogP contribution in [0.25, 0.3) is 0 Å². The number of amides is 1. The zero-order valence-corrected chi connectivity index (χ0v) is 12.0. The van der Waals surface area contributed by atoms with Gasteiger partial charge in [0.25, 0.3) is 0 Å². The van der Waals surface area contributed by atoms with E-state index in [1.807, 2.05) is 11.0 Å². The van der Waals surface area contributed by atoms with Crippen molar-refractivity contribution in [3.8, 4) is 0 Å². The van der Waals surface area contributed by atoms with Gasteiger partial charge in [-0.1, -0.05) is 30.3 Å². The minimum absolute atomic E-state index is 0.209. The molecule has 1 aliphatic rings. The molecule has 0 N–H and O–H groups in total. The van der Waals surface area contributed by atoms with Crippen LogP contribution in [0.3, 0.4) is 0 Å². The lowest BCUT2D eigenvalue weighted by atomic mass is 9.92. The lowest BCUT2D eigenvalue weighted by Crippen LogP contribution is -2.39. The van der Waals surface area contributed by atoms with Gasteiger partial charge in [-0.2, -0.15) is 0 Å². The summed E-state index contributed by atoms with van der Waals surface area (Å²) < 4.78 is 5.01. The normalized spacial score (nSPS) is 26.7. The summed E-state index contributed by atoms with van der Waals surface area (Å²) in [5.74, 6) is 0.656. The van der Waals surface area contributed by atoms with Crippen LogP contribution in [-0.2, 0) is 9.53 Å². The van der Waals surface area contributed by atoms with Crippen LogP contribution in [0.4, 0.5) is 0 Å². The van der Waals surface area contributed by atoms with Crippen molar-refractivity contribution in [2.75, 3.05) is 13.7 Å². The fourth-order valence-corrected chi connectivity index (χ4v) is 3.18. The molecule has 1 aromatic carbocycles. The summed E-state index contributed by atoms with van der Waals surface area (Å²) in [6.07, 6.45) is 1.52. The largest absolute Gasteiger partial charge is 0.384 e. The summed E-state index contributed by atoms with van der Waals surface area (Å²) in [6.45, 7) is 4.81. The minimum atomic E-state index is 0.209. The average Bonchev–Trinajstić information content (AvgIpc) is 2.72. The van der Waals surface area contributed by atoms with Gasteiger partial charge in [0.1, 0.15) is 0 Å². The van der Waals surface area contributed by atoms with E-state index in [1.54, 1.807) is 7.11 Å². The molecule has 1 fully saturated rings. The Balaban J connectivity index is 2.10. The van der Waals surface area contributed by atoms with Crippen LogP contribution < -0.4 is 0 Å². The first-order valence-corrected chi connectivity index (χ1v) is 7.00. The van der Waals surface area contributed by atoms with Crippen LogP contribution in [0.15, 0.2) is 30.3 Å². The quantitative estimate of drug-likeness (QED) is 0.834. The Morgan fingerprint density at radius 2 is 2.00 bits per heavy atom. The number of rotatable bonds is 4. The van der Waals surface area contributed by atoms with Gasteiger partial charge in [-0.3, -0.25) is 4.79 Å². The number of hydrogen-bond acceptors (Lipinski definition) is 2. The van der Waals surface area contributed by atoms with Crippen molar-refractivity contribution < 1.29 is 9.53 Å². The van der Waals surface area contributed by atoms with E-state index in [0.717, 1.165) is 6.42 Å². The van der Waals surface area contributed by atoms with Crippen LogP contribution in [0.5, 0.6) is 0 Å². The van der Waals surface area contributed by atoms with Crippen molar-refractivity contribution in [2.45, 2.75) is 44.7 Å². The van der Waals surface area contributed by atoms with Crippen molar-refractivity contribution in [3.05, 3.63) is 35.9 Å². The molecule has 1 amide bonds. The van der Waals surface area contributed by atoms with Gasteiger partial charge in [0, 0.05) is 25.1 Å². The van der Waals surface area contributed by atoms with Crippen LogP contribution in [0.2, 0.25) is 0 Å². The zero-order valence-electron chi connectivity index (χ0n) is 12.0. The Morgan fingerprint density at radius 1 is 1.32 bits per heavy atom. The number of hydrogen-bond donors (Lipinski definition) is 0. The van der Waals surface area contributed by atoms with E-state index >= 15 is 0 Å². The Morgan fingerprint density at radius 3 is 2.63 bits per heavy atom. The molecule has 104 valence electrons. The smallest absolute Gasteiger partial charge is 0.225 e. The standard InChI is InChI=1S/C16H23NO2/c1-12-11-15(14-7-5-4-6-8-14)13(2)17(12)16(18)9-10-19-3/h4-8,12-13,15H,9-11H2,1-3H3/t12-,13-,15+/m1/s1. The minimum Gasteiger partial charge on any atom is -0.384 e. The topological polar surface area (TPSA) is 29.5 Å². The van der Waals surface area contributed by atoms with Gasteiger partial charge in [-0.15, -0.1) is 0 Å². The van der Waals surface area contributed by atoms with E-state index in [2.05, 4.69) is 38.1 Å². The summed E-state index contributed by atoms with van der Waals surface area (Å²) in [4.78, 5) is 14.3. The molecule has 0 saturated carbocycles. The molecule has 0 unspecified atom stereocenters. The summed E-state index contributed by atoms with van der Waals surface area (Å²) in [5, 5.41) is 0. The SMILES string of the molecule is COCCC(=O)N1[C@H](C)C[C@H](c2ccccc2)[C@H]1C. The number of benzene rings is 1. The second-order valence-electron chi connectivity index (χ2n) is 5.39. The maximum Gasteiger partial charge on any atom is 0.225 e. The van der Waals surface area contributed by atoms with E-state index in [1.165, 1.54) is 5.56 Å². The third-order valence-corrected chi connectivity index (χ3v) is 4.13. The van der Waals surface area contributed by atoms with E-state index < -0.39 is 0 Å². The second-order valence-corrected chi connectivity index (χ2v) is 5.39. The molecule has 1 aliphatic heterocycles. The van der Waals surface area contributed by atoms with Crippen molar-refractivity contribution >= 4 is 5.91 Å². The summed E-state index contributed by atoms with van der Waals surface area (Å²) in [6, 6.07) is 11.1. The molecule has 1 aromatic rings. The molecule has 19 heavy (non-hydrogen) atoms. The second kappa shape index (κ2) is 6.20. The van der Waals surface area contributed by atoms with Crippen LogP contribution >= 0.6 is 0 Å². The fourth-order valence-electron chi connectivity index (χ4n) is 3.18. The van der Waals surface area contributed by atoms with Crippen molar-refractivity contribution in [1.82, 2.24) is 4.90 Å². The molecule has 3 atom stereocenters. The highest BCUT2D eigenvalue weighted by Crippen LogP contribution is 2.37. The van der Waals surface area contributed by atoms with Crippen LogP contribution in [-0.4, -0.2) is 36.6 Å². The molecule has 0 spiro atoms. The Kier molecular flexibility index (Phi) is 4.59. The Hall–Kier alpha value is -1.35. The Bertz CT molecular complexity index is 418. The van der Waals surface area contributed by atoms with Gasteiger partial charge < -0.3 is 9.64 Å². The molecule has 0 aliphatic carbocycles. The molecule has 2 rings (SSSR count). The molecular formula is C16H23NO2. The van der Waals surface area contributed by atoms with Gasteiger partial charge in [0.15, 0.2) is 0 Å². The zero-order chi connectivity index (χ0) is 13.8. The van der Waals surface area contributed by atoms with Gasteiger partial charge in [0.2, 0.25) is 5.91 Å². The first kappa shape index (κ1) is 14.1. The molecule has 3 heteroatoms. The fraction of sp³-hybridized carbons (Fsp3) is 0.562. The van der Waals surface area contributed by atoms with Crippen molar-refractivity contribution in [1.29, 1.82) is 0 Å². The maximum absolute atomic E-state index is 12.2. The average molecular weight is 261 g/mol. The number of carbonyl (C=O) groups is 1. The first-order valence-electron chi connectivity index (χ1n) is 7.00. The summed E-state index contributed by atoms with van der Waals surface area (Å²) in [5.41, 5.74) is 1.34. The predicted octanol–water partition coefficient (Wildman–Crippen LogP) is 2.82. The maximum atomic E-state index is 12.2. The van der Waals surface area contributed by atoms with Gasteiger partial charge in [-0.25, -0.2) is 0 Å². The lowest BCUT2D eigenvalue weighted by molar-refractivity contribution is -0.134. The van der Waals surface area contributed by atoms with Crippen LogP contribution in [0.1, 0.15) is 38.2 Å². The van der Waals surface area contributed by atoms with Crippen molar-refractivity contribution in [2.24, 2.45) is 0 Å². The highest BCUT2D eigenvalue weighted by atomic mass is 16.5. The van der Waals surface area contributed by atoms with Crippen LogP contribution in [0, 0.1) is 0 Å². The van der Waals surface area contributed by atoms with Gasteiger partial charge in [0.05, 0.1) is 13.0 Å². The predicted molar refractivity (Wildman–Crippen MR) is 76.1 cm³/mol. The van der Waals surface area contributed by atoms with E-state index in [9.17, 15) is 4.79 Å². The molecule has 0 radical (unpaired) electrons. The molecule has 3 nitrogen and oxygen atoms in total. The van der Waals surface area contributed by atoms with E-state index in [-0.39, 0.29) is 11.9 Å². The number of likely N-dealkylation sites (tertiary alicyclic amines) is 1. The molecule has 1 heterocycles. The third kappa shape index (κ3) is 2.98. The molecule has 0 aromatic heterocycles. The highest BCUT2D eigenvalue weighted by molar-refractivity contribution is 5.77. The summed E-state index contributed by atoms with van der Waals surface area (Å²) >= 11 is 0. The number of nitrogens with zero attached hydrogens (tertiary/aromatic N) is 1. The van der Waals surface area contributed by atoms with E-state index in [0.29, 0.717) is 25.0 Å². The Labute approximate surface area is 115 Å². The number of methoxy groups -OCH3 is 1.